The van der Waals surface area contributed by atoms with Crippen molar-refractivity contribution in [1.29, 1.82) is 0 Å². The van der Waals surface area contributed by atoms with Crippen molar-refractivity contribution in [2.24, 2.45) is 5.73 Å². The minimum absolute atomic E-state index is 0.106. The zero-order valence-electron chi connectivity index (χ0n) is 15.4. The number of nitrogens with two attached hydrogens (primary N) is 1. The first kappa shape index (κ1) is 17.2. The highest BCUT2D eigenvalue weighted by molar-refractivity contribution is 7.10. The molecule has 27 heavy (non-hydrogen) atoms. The molecule has 2 N–H and O–H groups in total. The molecule has 2 aromatic rings. The molecule has 2 aromatic heterocycles. The zero-order valence-corrected chi connectivity index (χ0v) is 16.2. The third-order valence-electron chi connectivity index (χ3n) is 6.25. The van der Waals surface area contributed by atoms with E-state index in [1.54, 1.807) is 11.3 Å². The van der Waals surface area contributed by atoms with Crippen molar-refractivity contribution in [3.8, 4) is 0 Å². The molecule has 1 unspecified atom stereocenters. The number of thiophene rings is 1. The van der Waals surface area contributed by atoms with Crippen LogP contribution in [-0.4, -0.2) is 45.6 Å². The Morgan fingerprint density at radius 3 is 3.00 bits per heavy atom. The van der Waals surface area contributed by atoms with E-state index in [0.29, 0.717) is 18.3 Å². The van der Waals surface area contributed by atoms with Crippen molar-refractivity contribution in [3.05, 3.63) is 33.6 Å². The normalized spacial score (nSPS) is 24.4. The largest absolute Gasteiger partial charge is 0.339 e. The number of amides is 2. The van der Waals surface area contributed by atoms with Gasteiger partial charge in [-0.25, -0.2) is 4.79 Å². The number of aromatic nitrogens is 2. The first-order valence-electron chi connectivity index (χ1n) is 9.84. The van der Waals surface area contributed by atoms with Gasteiger partial charge in [-0.3, -0.25) is 0 Å². The summed E-state index contributed by atoms with van der Waals surface area (Å²) in [6.07, 6.45) is 5.84. The maximum Gasteiger partial charge on any atom is 0.320 e. The Labute approximate surface area is 162 Å². The molecule has 2 amide bonds. The Bertz CT molecular complexity index is 843. The van der Waals surface area contributed by atoms with Gasteiger partial charge in [-0.1, -0.05) is 5.16 Å². The minimum Gasteiger partial charge on any atom is -0.339 e. The van der Waals surface area contributed by atoms with Crippen LogP contribution in [0.5, 0.6) is 0 Å². The monoisotopic (exact) mass is 387 g/mol. The van der Waals surface area contributed by atoms with E-state index in [9.17, 15) is 4.79 Å². The lowest BCUT2D eigenvalue weighted by Crippen LogP contribution is -2.48. The summed E-state index contributed by atoms with van der Waals surface area (Å²) in [6, 6.07) is 2.27. The van der Waals surface area contributed by atoms with E-state index in [0.717, 1.165) is 58.2 Å². The van der Waals surface area contributed by atoms with Crippen LogP contribution < -0.4 is 5.73 Å². The number of nitrogens with zero attached hydrogens (tertiary/aromatic N) is 4. The molecular weight excluding hydrogens is 362 g/mol. The molecule has 0 bridgehead atoms. The number of fused-ring (bicyclic) bond motifs is 1. The Hall–Kier alpha value is -1.93. The molecule has 1 saturated carbocycles. The van der Waals surface area contributed by atoms with E-state index in [-0.39, 0.29) is 11.9 Å². The van der Waals surface area contributed by atoms with Crippen LogP contribution in [0.3, 0.4) is 0 Å². The van der Waals surface area contributed by atoms with Crippen LogP contribution in [0.15, 0.2) is 16.0 Å². The van der Waals surface area contributed by atoms with Gasteiger partial charge in [0.1, 0.15) is 0 Å². The second-order valence-corrected chi connectivity index (χ2v) is 9.07. The number of urea groups is 1. The van der Waals surface area contributed by atoms with Crippen molar-refractivity contribution in [2.45, 2.75) is 56.5 Å². The standard InChI is InChI=1S/C19H25N5O2S/c20-19(6-2-7-19)17-21-16(26-22-17)14-3-1-8-23(12-14)18(25)24-9-4-15-13(11-24)5-10-27-15/h5,10,14H,1-4,6-9,11-12,20H2. The summed E-state index contributed by atoms with van der Waals surface area (Å²) < 4.78 is 5.54. The second kappa shape index (κ2) is 6.60. The average Bonchev–Trinajstić information content (AvgIpc) is 3.34. The van der Waals surface area contributed by atoms with Crippen LogP contribution in [0.2, 0.25) is 0 Å². The number of piperidine rings is 1. The molecule has 7 nitrogen and oxygen atoms in total. The van der Waals surface area contributed by atoms with Gasteiger partial charge in [0.15, 0.2) is 5.82 Å². The molecule has 8 heteroatoms. The predicted molar refractivity (Wildman–Crippen MR) is 101 cm³/mol. The average molecular weight is 388 g/mol. The zero-order chi connectivity index (χ0) is 18.4. The van der Waals surface area contributed by atoms with Crippen LogP contribution in [0.4, 0.5) is 4.79 Å². The maximum atomic E-state index is 13.1. The number of carbonyl (C=O) groups excluding carboxylic acids is 1. The molecule has 2 fully saturated rings. The number of carbonyl (C=O) groups is 1. The smallest absolute Gasteiger partial charge is 0.320 e. The van der Waals surface area contributed by atoms with E-state index in [2.05, 4.69) is 21.6 Å². The minimum atomic E-state index is -0.405. The fraction of sp³-hybridized carbons (Fsp3) is 0.632. The maximum absolute atomic E-state index is 13.1. The molecule has 4 heterocycles. The molecule has 0 radical (unpaired) electrons. The SMILES string of the molecule is NC1(c2noc(C3CCCN(C(=O)N4CCc5sccc5C4)C3)n2)CCC1. The van der Waals surface area contributed by atoms with E-state index in [4.69, 9.17) is 10.3 Å². The molecule has 0 aromatic carbocycles. The van der Waals surface area contributed by atoms with Gasteiger partial charge in [-0.05, 0) is 55.5 Å². The summed E-state index contributed by atoms with van der Waals surface area (Å²) in [5.41, 5.74) is 7.20. The molecule has 2 aliphatic heterocycles. The number of hydrogen-bond donors (Lipinski definition) is 1. The number of likely N-dealkylation sites (tertiary alicyclic amines) is 1. The van der Waals surface area contributed by atoms with Gasteiger partial charge < -0.3 is 20.1 Å². The molecule has 0 spiro atoms. The van der Waals surface area contributed by atoms with Gasteiger partial charge in [0.2, 0.25) is 5.89 Å². The van der Waals surface area contributed by atoms with Crippen LogP contribution in [-0.2, 0) is 18.5 Å². The summed E-state index contributed by atoms with van der Waals surface area (Å²) >= 11 is 1.79. The van der Waals surface area contributed by atoms with Crippen molar-refractivity contribution in [2.75, 3.05) is 19.6 Å². The first-order valence-corrected chi connectivity index (χ1v) is 10.7. The van der Waals surface area contributed by atoms with Crippen molar-refractivity contribution < 1.29 is 9.32 Å². The summed E-state index contributed by atoms with van der Waals surface area (Å²) in [6.45, 7) is 2.96. The van der Waals surface area contributed by atoms with Crippen LogP contribution in [0, 0.1) is 0 Å². The summed E-state index contributed by atoms with van der Waals surface area (Å²) in [7, 11) is 0. The quantitative estimate of drug-likeness (QED) is 0.856. The first-order chi connectivity index (χ1) is 13.1. The number of hydrogen-bond acceptors (Lipinski definition) is 6. The fourth-order valence-corrected chi connectivity index (χ4v) is 5.24. The lowest BCUT2D eigenvalue weighted by atomic mass is 9.77. The van der Waals surface area contributed by atoms with Crippen molar-refractivity contribution in [1.82, 2.24) is 19.9 Å². The summed E-state index contributed by atoms with van der Waals surface area (Å²) in [4.78, 5) is 23.0. The molecule has 1 atom stereocenters. The third-order valence-corrected chi connectivity index (χ3v) is 7.28. The Morgan fingerprint density at radius 2 is 2.19 bits per heavy atom. The highest BCUT2D eigenvalue weighted by Crippen LogP contribution is 2.38. The molecular formula is C19H25N5O2S. The Balaban J connectivity index is 1.26. The third kappa shape index (κ3) is 3.04. The Kier molecular flexibility index (Phi) is 4.20. The van der Waals surface area contributed by atoms with Gasteiger partial charge in [-0.2, -0.15) is 4.98 Å². The molecule has 5 rings (SSSR count). The van der Waals surface area contributed by atoms with E-state index < -0.39 is 5.54 Å². The summed E-state index contributed by atoms with van der Waals surface area (Å²) in [5.74, 6) is 1.38. The van der Waals surface area contributed by atoms with Gasteiger partial charge >= 0.3 is 6.03 Å². The highest BCUT2D eigenvalue weighted by Gasteiger charge is 2.40. The fourth-order valence-electron chi connectivity index (χ4n) is 4.35. The summed E-state index contributed by atoms with van der Waals surface area (Å²) in [5, 5.41) is 6.26. The lowest BCUT2D eigenvalue weighted by molar-refractivity contribution is 0.129. The van der Waals surface area contributed by atoms with Crippen LogP contribution in [0.1, 0.15) is 60.2 Å². The van der Waals surface area contributed by atoms with Crippen molar-refractivity contribution >= 4 is 17.4 Å². The van der Waals surface area contributed by atoms with Crippen LogP contribution >= 0.6 is 11.3 Å². The van der Waals surface area contributed by atoms with Gasteiger partial charge in [0.05, 0.1) is 11.5 Å². The van der Waals surface area contributed by atoms with E-state index in [1.165, 1.54) is 10.4 Å². The molecule has 144 valence electrons. The molecule has 3 aliphatic rings. The predicted octanol–water partition coefficient (Wildman–Crippen LogP) is 2.83. The lowest BCUT2D eigenvalue weighted by Gasteiger charge is -2.37. The molecule has 1 saturated heterocycles. The molecule has 1 aliphatic carbocycles. The van der Waals surface area contributed by atoms with Gasteiger partial charge in [0.25, 0.3) is 0 Å². The Morgan fingerprint density at radius 1 is 1.30 bits per heavy atom. The van der Waals surface area contributed by atoms with Gasteiger partial charge in [0, 0.05) is 31.1 Å². The second-order valence-electron chi connectivity index (χ2n) is 8.07. The topological polar surface area (TPSA) is 88.5 Å². The van der Waals surface area contributed by atoms with E-state index in [1.807, 2.05) is 9.80 Å². The van der Waals surface area contributed by atoms with Crippen molar-refractivity contribution in [3.63, 3.8) is 0 Å². The highest BCUT2D eigenvalue weighted by atomic mass is 32.1. The van der Waals surface area contributed by atoms with Crippen LogP contribution in [0.25, 0.3) is 0 Å². The van der Waals surface area contributed by atoms with Gasteiger partial charge in [-0.15, -0.1) is 11.3 Å². The van der Waals surface area contributed by atoms with E-state index >= 15 is 0 Å². The number of rotatable bonds is 2.